The Kier molecular flexibility index (Phi) is 6.74. The Morgan fingerprint density at radius 1 is 0.868 bits per heavy atom. The van der Waals surface area contributed by atoms with Gasteiger partial charge in [0, 0.05) is 29.4 Å². The normalized spacial score (nSPS) is 16.7. The molecule has 0 aliphatic carbocycles. The van der Waals surface area contributed by atoms with Gasteiger partial charge < -0.3 is 10.0 Å². The van der Waals surface area contributed by atoms with Crippen LogP contribution in [0.15, 0.2) is 48.5 Å². The molecule has 1 atom stereocenters. The molecule has 1 aliphatic heterocycles. The van der Waals surface area contributed by atoms with Gasteiger partial charge in [-0.3, -0.25) is 4.68 Å². The number of alkyl halides is 9. The molecule has 2 heterocycles. The van der Waals surface area contributed by atoms with Gasteiger partial charge in [0.1, 0.15) is 0 Å². The Bertz CT molecular complexity index is 1290. The van der Waals surface area contributed by atoms with Gasteiger partial charge in [0.25, 0.3) is 5.60 Å². The van der Waals surface area contributed by atoms with Crippen molar-refractivity contribution in [2.75, 3.05) is 4.90 Å². The molecule has 4 rings (SSSR count). The molecule has 0 saturated carbocycles. The summed E-state index contributed by atoms with van der Waals surface area (Å²) in [7, 11) is 0. The molecule has 0 radical (unpaired) electrons. The van der Waals surface area contributed by atoms with E-state index in [1.165, 1.54) is 12.1 Å². The number of aromatic nitrogens is 2. The minimum absolute atomic E-state index is 0.140. The second kappa shape index (κ2) is 9.21. The molecule has 1 unspecified atom stereocenters. The molecule has 4 nitrogen and oxygen atoms in total. The zero-order chi connectivity index (χ0) is 28.3. The minimum Gasteiger partial charge on any atom is -0.369 e. The van der Waals surface area contributed by atoms with Gasteiger partial charge in [0.2, 0.25) is 0 Å². The van der Waals surface area contributed by atoms with E-state index in [1.807, 2.05) is 0 Å². The summed E-state index contributed by atoms with van der Waals surface area (Å²) in [4.78, 5) is 1.79. The van der Waals surface area contributed by atoms with E-state index < -0.39 is 35.3 Å². The topological polar surface area (TPSA) is 41.3 Å². The fourth-order valence-electron chi connectivity index (χ4n) is 4.65. The summed E-state index contributed by atoms with van der Waals surface area (Å²) in [5, 5.41) is 14.2. The summed E-state index contributed by atoms with van der Waals surface area (Å²) in [6.07, 6.45) is -16.3. The highest BCUT2D eigenvalue weighted by Gasteiger charge is 2.71. The maximum Gasteiger partial charge on any atom is 0.430 e. The van der Waals surface area contributed by atoms with E-state index in [9.17, 15) is 44.6 Å². The molecule has 0 spiro atoms. The molecular weight excluding hydrogens is 529 g/mol. The van der Waals surface area contributed by atoms with Gasteiger partial charge in [0.15, 0.2) is 0 Å². The Hall–Kier alpha value is -3.22. The third-order valence-corrected chi connectivity index (χ3v) is 6.68. The smallest absolute Gasteiger partial charge is 0.369 e. The first-order valence-electron chi connectivity index (χ1n) is 11.5. The molecule has 2 aromatic carbocycles. The van der Waals surface area contributed by atoms with Gasteiger partial charge in [-0.2, -0.15) is 44.6 Å². The fourth-order valence-corrected chi connectivity index (χ4v) is 4.65. The van der Waals surface area contributed by atoms with Crippen molar-refractivity contribution in [1.29, 1.82) is 0 Å². The summed E-state index contributed by atoms with van der Waals surface area (Å²) in [6, 6.07) is 8.34. The Morgan fingerprint density at radius 3 is 1.97 bits per heavy atom. The predicted molar refractivity (Wildman–Crippen MR) is 120 cm³/mol. The second-order valence-corrected chi connectivity index (χ2v) is 9.14. The molecule has 0 amide bonds. The fraction of sp³-hybridized carbons (Fsp3) is 0.400. The first-order valence-corrected chi connectivity index (χ1v) is 11.5. The van der Waals surface area contributed by atoms with Crippen LogP contribution < -0.4 is 4.90 Å². The SMILES string of the molecule is CCn1nc(-c2ccc(C(F)(F)F)cc2)cc1CN1c2ccc(C(O)(C(F)(F)F)C(F)(F)F)cc2CC1C. The average Bonchev–Trinajstić information content (AvgIpc) is 3.36. The number of fused-ring (bicyclic) bond motifs is 1. The van der Waals surface area contributed by atoms with E-state index in [0.29, 0.717) is 35.2 Å². The van der Waals surface area contributed by atoms with Crippen LogP contribution in [0.25, 0.3) is 11.3 Å². The number of hydrogen-bond donors (Lipinski definition) is 1. The molecule has 38 heavy (non-hydrogen) atoms. The molecule has 0 fully saturated rings. The van der Waals surface area contributed by atoms with Gasteiger partial charge in [-0.05, 0) is 50.1 Å². The highest BCUT2D eigenvalue weighted by atomic mass is 19.4. The Labute approximate surface area is 211 Å². The quantitative estimate of drug-likeness (QED) is 0.353. The van der Waals surface area contributed by atoms with E-state index in [0.717, 1.165) is 24.3 Å². The lowest BCUT2D eigenvalue weighted by Gasteiger charge is -2.33. The highest BCUT2D eigenvalue weighted by Crippen LogP contribution is 2.51. The standard InChI is InChI=1S/C25H22F9N3O/c1-3-37-19(12-20(35-37)15-4-6-17(7-5-15)23(26,27)28)13-36-14(2)10-16-11-18(8-9-21(16)36)22(38,24(29,30)31)25(32,33)34/h4-9,11-12,14,38H,3,10,13H2,1-2H3. The number of nitrogens with zero attached hydrogens (tertiary/aromatic N) is 3. The van der Waals surface area contributed by atoms with Gasteiger partial charge in [-0.1, -0.05) is 24.3 Å². The van der Waals surface area contributed by atoms with E-state index in [-0.39, 0.29) is 24.6 Å². The van der Waals surface area contributed by atoms with Crippen LogP contribution in [0.3, 0.4) is 0 Å². The van der Waals surface area contributed by atoms with Crippen LogP contribution in [0, 0.1) is 0 Å². The van der Waals surface area contributed by atoms with Crippen molar-refractivity contribution in [3.8, 4) is 11.3 Å². The molecule has 206 valence electrons. The molecule has 3 aromatic rings. The van der Waals surface area contributed by atoms with Crippen LogP contribution in [-0.2, 0) is 31.3 Å². The summed E-state index contributed by atoms with van der Waals surface area (Å²) in [6.45, 7) is 4.16. The van der Waals surface area contributed by atoms with E-state index in [4.69, 9.17) is 0 Å². The molecule has 0 saturated heterocycles. The van der Waals surface area contributed by atoms with Crippen molar-refractivity contribution in [1.82, 2.24) is 9.78 Å². The van der Waals surface area contributed by atoms with Crippen LogP contribution in [0.4, 0.5) is 45.2 Å². The van der Waals surface area contributed by atoms with Crippen molar-refractivity contribution < 1.29 is 44.6 Å². The van der Waals surface area contributed by atoms with E-state index in [2.05, 4.69) is 5.10 Å². The van der Waals surface area contributed by atoms with Crippen LogP contribution in [0.1, 0.15) is 36.2 Å². The number of aliphatic hydroxyl groups is 1. The first kappa shape index (κ1) is 27.8. The van der Waals surface area contributed by atoms with Crippen LogP contribution in [-0.4, -0.2) is 33.3 Å². The number of aryl methyl sites for hydroxylation is 1. The lowest BCUT2D eigenvalue weighted by Crippen LogP contribution is -2.53. The zero-order valence-electron chi connectivity index (χ0n) is 20.0. The van der Waals surface area contributed by atoms with Crippen LogP contribution in [0.2, 0.25) is 0 Å². The first-order chi connectivity index (χ1) is 17.5. The van der Waals surface area contributed by atoms with Crippen molar-refractivity contribution in [3.63, 3.8) is 0 Å². The highest BCUT2D eigenvalue weighted by molar-refractivity contribution is 5.63. The third kappa shape index (κ3) is 4.72. The van der Waals surface area contributed by atoms with Crippen molar-refractivity contribution in [3.05, 3.63) is 70.9 Å². The number of anilines is 1. The van der Waals surface area contributed by atoms with Crippen molar-refractivity contribution >= 4 is 5.69 Å². The largest absolute Gasteiger partial charge is 0.430 e. The summed E-state index contributed by atoms with van der Waals surface area (Å²) in [5.41, 5.74) is -4.99. The predicted octanol–water partition coefficient (Wildman–Crippen LogP) is 6.85. The summed E-state index contributed by atoms with van der Waals surface area (Å²) < 4.78 is 120. The van der Waals surface area contributed by atoms with Crippen LogP contribution in [0.5, 0.6) is 0 Å². The van der Waals surface area contributed by atoms with Crippen molar-refractivity contribution in [2.24, 2.45) is 0 Å². The van der Waals surface area contributed by atoms with Gasteiger partial charge in [0.05, 0.1) is 23.5 Å². The number of halogens is 9. The second-order valence-electron chi connectivity index (χ2n) is 9.14. The zero-order valence-corrected chi connectivity index (χ0v) is 20.0. The molecular formula is C25H22F9N3O. The van der Waals surface area contributed by atoms with Crippen LogP contribution >= 0.6 is 0 Å². The maximum absolute atomic E-state index is 13.3. The van der Waals surface area contributed by atoms with Gasteiger partial charge in [-0.25, -0.2) is 0 Å². The lowest BCUT2D eigenvalue weighted by molar-refractivity contribution is -0.376. The van der Waals surface area contributed by atoms with Gasteiger partial charge in [-0.15, -0.1) is 0 Å². The Morgan fingerprint density at radius 2 is 1.45 bits per heavy atom. The van der Waals surface area contributed by atoms with Crippen molar-refractivity contribution in [2.45, 2.75) is 63.5 Å². The Balaban J connectivity index is 1.65. The average molecular weight is 551 g/mol. The summed E-state index contributed by atoms with van der Waals surface area (Å²) in [5.74, 6) is 0. The lowest BCUT2D eigenvalue weighted by atomic mass is 9.90. The molecule has 13 heteroatoms. The monoisotopic (exact) mass is 551 g/mol. The molecule has 1 aromatic heterocycles. The molecule has 1 aliphatic rings. The molecule has 0 bridgehead atoms. The summed E-state index contributed by atoms with van der Waals surface area (Å²) >= 11 is 0. The third-order valence-electron chi connectivity index (χ3n) is 6.68. The number of rotatable bonds is 5. The maximum atomic E-state index is 13.3. The number of benzene rings is 2. The van der Waals surface area contributed by atoms with E-state index >= 15 is 0 Å². The van der Waals surface area contributed by atoms with E-state index in [1.54, 1.807) is 29.5 Å². The minimum atomic E-state index is -5.98. The number of hydrogen-bond acceptors (Lipinski definition) is 3. The van der Waals surface area contributed by atoms with Gasteiger partial charge >= 0.3 is 18.5 Å². The molecule has 1 N–H and O–H groups in total.